The summed E-state index contributed by atoms with van der Waals surface area (Å²) in [6.07, 6.45) is 2.55. The van der Waals surface area contributed by atoms with Crippen molar-refractivity contribution in [1.29, 1.82) is 0 Å². The Morgan fingerprint density at radius 2 is 1.96 bits per heavy atom. The zero-order valence-electron chi connectivity index (χ0n) is 15.1. The van der Waals surface area contributed by atoms with Crippen LogP contribution in [0.5, 0.6) is 0 Å². The van der Waals surface area contributed by atoms with Crippen molar-refractivity contribution < 1.29 is 4.79 Å². The van der Waals surface area contributed by atoms with Gasteiger partial charge in [0.15, 0.2) is 5.82 Å². The van der Waals surface area contributed by atoms with Crippen LogP contribution < -0.4 is 15.8 Å². The number of nitrogens with one attached hydrogen (secondary N) is 1. The van der Waals surface area contributed by atoms with E-state index in [0.717, 1.165) is 48.8 Å². The fourth-order valence-corrected chi connectivity index (χ4v) is 3.21. The third-order valence-corrected chi connectivity index (χ3v) is 4.82. The van der Waals surface area contributed by atoms with Crippen LogP contribution in [0.1, 0.15) is 30.7 Å². The van der Waals surface area contributed by atoms with Crippen LogP contribution in [-0.4, -0.2) is 33.3 Å². The van der Waals surface area contributed by atoms with Gasteiger partial charge < -0.3 is 14.8 Å². The maximum absolute atomic E-state index is 12.5. The van der Waals surface area contributed by atoms with E-state index >= 15 is 0 Å². The number of pyridine rings is 1. The molecular weight excluding hydrogens is 318 g/mol. The lowest BCUT2D eigenvalue weighted by molar-refractivity contribution is -0.116. The second-order valence-corrected chi connectivity index (χ2v) is 6.56. The summed E-state index contributed by atoms with van der Waals surface area (Å²) in [4.78, 5) is 26.6. The normalized spacial score (nSPS) is 14.1. The number of carbonyl (C=O) groups is 1. The van der Waals surface area contributed by atoms with Crippen LogP contribution in [0.2, 0.25) is 0 Å². The third-order valence-electron chi connectivity index (χ3n) is 4.82. The van der Waals surface area contributed by atoms with Gasteiger partial charge in [-0.15, -0.1) is 0 Å². The van der Waals surface area contributed by atoms with E-state index in [4.69, 9.17) is 0 Å². The molecule has 1 aliphatic rings. The molecule has 3 rings (SSSR count). The predicted octanol–water partition coefficient (Wildman–Crippen LogP) is 1.83. The Hall–Kier alpha value is -2.57. The number of aromatic nitrogens is 3. The summed E-state index contributed by atoms with van der Waals surface area (Å²) < 4.78 is 3.42. The van der Waals surface area contributed by atoms with Gasteiger partial charge >= 0.3 is 0 Å². The first-order chi connectivity index (χ1) is 12.0. The fraction of sp³-hybridized carbons (Fsp3) is 0.500. The molecule has 2 aromatic heterocycles. The van der Waals surface area contributed by atoms with E-state index in [1.54, 1.807) is 15.3 Å². The first kappa shape index (κ1) is 17.3. The number of anilines is 2. The Bertz CT molecular complexity index is 830. The quantitative estimate of drug-likeness (QED) is 0.899. The fourth-order valence-electron chi connectivity index (χ4n) is 3.21. The van der Waals surface area contributed by atoms with Gasteiger partial charge in [-0.25, -0.2) is 0 Å². The Labute approximate surface area is 147 Å². The minimum atomic E-state index is -0.105. The molecule has 3 heterocycles. The van der Waals surface area contributed by atoms with Gasteiger partial charge in [-0.2, -0.15) is 5.10 Å². The largest absolute Gasteiger partial charge is 0.353 e. The topological polar surface area (TPSA) is 72.2 Å². The molecule has 0 atom stereocenters. The molecule has 0 bridgehead atoms. The van der Waals surface area contributed by atoms with Gasteiger partial charge in [-0.3, -0.25) is 14.3 Å². The van der Waals surface area contributed by atoms with E-state index < -0.39 is 0 Å². The lowest BCUT2D eigenvalue weighted by Gasteiger charge is -2.17. The van der Waals surface area contributed by atoms with Crippen molar-refractivity contribution in [2.24, 2.45) is 7.05 Å². The van der Waals surface area contributed by atoms with Crippen molar-refractivity contribution in [1.82, 2.24) is 14.3 Å². The first-order valence-corrected chi connectivity index (χ1v) is 8.72. The molecule has 0 saturated carbocycles. The van der Waals surface area contributed by atoms with Gasteiger partial charge in [-0.1, -0.05) is 6.07 Å². The van der Waals surface area contributed by atoms with Crippen LogP contribution in [0, 0.1) is 13.8 Å². The highest BCUT2D eigenvalue weighted by molar-refractivity contribution is 5.94. The van der Waals surface area contributed by atoms with E-state index in [1.165, 1.54) is 6.07 Å². The molecule has 0 aliphatic carbocycles. The summed E-state index contributed by atoms with van der Waals surface area (Å²) in [7, 11) is 1.89. The Morgan fingerprint density at radius 1 is 1.24 bits per heavy atom. The molecule has 0 unspecified atom stereocenters. The Kier molecular flexibility index (Phi) is 4.92. The minimum Gasteiger partial charge on any atom is -0.353 e. The SMILES string of the molecule is Cc1c(NC(=O)CCn2c(C)cccc2=O)c(N2CCCC2)nn1C. The molecule has 2 aromatic rings. The van der Waals surface area contributed by atoms with Crippen molar-refractivity contribution in [2.45, 2.75) is 39.7 Å². The molecule has 1 saturated heterocycles. The number of rotatable bonds is 5. The Morgan fingerprint density at radius 3 is 2.64 bits per heavy atom. The lowest BCUT2D eigenvalue weighted by Crippen LogP contribution is -2.25. The second kappa shape index (κ2) is 7.13. The maximum atomic E-state index is 12.5. The van der Waals surface area contributed by atoms with Gasteiger partial charge in [0, 0.05) is 44.9 Å². The summed E-state index contributed by atoms with van der Waals surface area (Å²) in [5, 5.41) is 7.57. The molecule has 1 aliphatic heterocycles. The van der Waals surface area contributed by atoms with Gasteiger partial charge in [-0.05, 0) is 32.8 Å². The van der Waals surface area contributed by atoms with Gasteiger partial charge in [0.2, 0.25) is 5.91 Å². The minimum absolute atomic E-state index is 0.0804. The summed E-state index contributed by atoms with van der Waals surface area (Å²) >= 11 is 0. The van der Waals surface area contributed by atoms with Crippen molar-refractivity contribution in [2.75, 3.05) is 23.3 Å². The lowest BCUT2D eigenvalue weighted by atomic mass is 10.3. The number of carbonyl (C=O) groups excluding carboxylic acids is 1. The number of amides is 1. The van der Waals surface area contributed by atoms with Crippen molar-refractivity contribution >= 4 is 17.4 Å². The van der Waals surface area contributed by atoms with Crippen LogP contribution in [0.25, 0.3) is 0 Å². The summed E-state index contributed by atoms with van der Waals surface area (Å²) in [6, 6.07) is 5.12. The molecule has 1 N–H and O–H groups in total. The highest BCUT2D eigenvalue weighted by Crippen LogP contribution is 2.30. The third kappa shape index (κ3) is 3.60. The van der Waals surface area contributed by atoms with Gasteiger partial charge in [0.1, 0.15) is 5.69 Å². The average molecular weight is 343 g/mol. The number of hydrogen-bond acceptors (Lipinski definition) is 4. The van der Waals surface area contributed by atoms with Crippen LogP contribution >= 0.6 is 0 Å². The number of aryl methyl sites for hydroxylation is 2. The summed E-state index contributed by atoms with van der Waals surface area (Å²) in [5.41, 5.74) is 2.49. The highest BCUT2D eigenvalue weighted by Gasteiger charge is 2.23. The van der Waals surface area contributed by atoms with Gasteiger partial charge in [0.25, 0.3) is 5.56 Å². The van der Waals surface area contributed by atoms with Crippen molar-refractivity contribution in [3.8, 4) is 0 Å². The zero-order valence-corrected chi connectivity index (χ0v) is 15.1. The average Bonchev–Trinajstić information content (AvgIpc) is 3.18. The van der Waals surface area contributed by atoms with E-state index in [1.807, 2.05) is 27.0 Å². The highest BCUT2D eigenvalue weighted by atomic mass is 16.2. The molecule has 134 valence electrons. The molecule has 1 amide bonds. The maximum Gasteiger partial charge on any atom is 0.250 e. The molecule has 0 radical (unpaired) electrons. The molecule has 0 spiro atoms. The molecule has 7 heteroatoms. The van der Waals surface area contributed by atoms with Crippen LogP contribution in [0.15, 0.2) is 23.0 Å². The van der Waals surface area contributed by atoms with E-state index in [2.05, 4.69) is 15.3 Å². The number of hydrogen-bond donors (Lipinski definition) is 1. The molecular formula is C18H25N5O2. The molecule has 1 fully saturated rings. The van der Waals surface area contributed by atoms with E-state index in [-0.39, 0.29) is 17.9 Å². The van der Waals surface area contributed by atoms with Crippen LogP contribution in [-0.2, 0) is 18.4 Å². The van der Waals surface area contributed by atoms with Crippen LogP contribution in [0.3, 0.4) is 0 Å². The van der Waals surface area contributed by atoms with E-state index in [0.29, 0.717) is 6.54 Å². The standard InChI is InChI=1S/C18H25N5O2/c1-13-7-6-8-16(25)23(13)12-9-15(24)19-17-14(2)21(3)20-18(17)22-10-4-5-11-22/h6-8H,4-5,9-12H2,1-3H3,(H,19,24). The first-order valence-electron chi connectivity index (χ1n) is 8.72. The smallest absolute Gasteiger partial charge is 0.250 e. The van der Waals surface area contributed by atoms with Crippen LogP contribution in [0.4, 0.5) is 11.5 Å². The van der Waals surface area contributed by atoms with Crippen molar-refractivity contribution in [3.05, 3.63) is 39.9 Å². The summed E-state index contributed by atoms with van der Waals surface area (Å²) in [5.74, 6) is 0.741. The predicted molar refractivity (Wildman–Crippen MR) is 98.1 cm³/mol. The summed E-state index contributed by atoms with van der Waals surface area (Å²) in [6.45, 7) is 6.13. The number of nitrogens with zero attached hydrogens (tertiary/aromatic N) is 4. The monoisotopic (exact) mass is 343 g/mol. The molecule has 7 nitrogen and oxygen atoms in total. The molecule has 0 aromatic carbocycles. The zero-order chi connectivity index (χ0) is 18.0. The van der Waals surface area contributed by atoms with Gasteiger partial charge in [0.05, 0.1) is 5.69 Å². The van der Waals surface area contributed by atoms with E-state index in [9.17, 15) is 9.59 Å². The molecule has 25 heavy (non-hydrogen) atoms. The van der Waals surface area contributed by atoms with Crippen molar-refractivity contribution in [3.63, 3.8) is 0 Å². The second-order valence-electron chi connectivity index (χ2n) is 6.56. The Balaban J connectivity index is 1.72.